The van der Waals surface area contributed by atoms with Crippen LogP contribution in [0, 0.1) is 12.3 Å². The van der Waals surface area contributed by atoms with Gasteiger partial charge in [-0.2, -0.15) is 4.98 Å². The molecule has 0 fully saturated rings. The van der Waals surface area contributed by atoms with Gasteiger partial charge in [-0.15, -0.1) is 6.42 Å². The van der Waals surface area contributed by atoms with Crippen molar-refractivity contribution in [2.45, 2.75) is 0 Å². The Balaban J connectivity index is 2.79. The Morgan fingerprint density at radius 2 is 2.38 bits per heavy atom. The van der Waals surface area contributed by atoms with E-state index in [0.717, 1.165) is 5.52 Å². The number of fused-ring (bicyclic) bond motifs is 1. The van der Waals surface area contributed by atoms with Crippen LogP contribution in [-0.4, -0.2) is 27.0 Å². The summed E-state index contributed by atoms with van der Waals surface area (Å²) in [5, 5.41) is 2.91. The topological polar surface area (TPSA) is 66.5 Å². The number of hydrogen-bond donors (Lipinski definition) is 2. The fraction of sp³-hybridized carbons (Fsp3) is 0.125. The summed E-state index contributed by atoms with van der Waals surface area (Å²) < 4.78 is 0. The molecule has 64 valence electrons. The number of nitrogens with one attached hydrogen (secondary N) is 2. The molecule has 0 aliphatic heterocycles. The molecule has 0 bridgehead atoms. The molecule has 2 aromatic heterocycles. The molecule has 0 unspecified atom stereocenters. The van der Waals surface area contributed by atoms with Crippen LogP contribution in [-0.2, 0) is 0 Å². The fourth-order valence-corrected chi connectivity index (χ4v) is 1.08. The lowest BCUT2D eigenvalue weighted by molar-refractivity contribution is 1.15. The molecule has 2 aromatic rings. The number of imidazole rings is 1. The number of rotatable bonds is 1. The molecular weight excluding hydrogens is 166 g/mol. The second kappa shape index (κ2) is 2.75. The van der Waals surface area contributed by atoms with E-state index in [1.807, 2.05) is 0 Å². The maximum atomic E-state index is 5.19. The van der Waals surface area contributed by atoms with Gasteiger partial charge < -0.3 is 10.3 Å². The molecule has 0 saturated carbocycles. The predicted octanol–water partition coefficient (Wildman–Crippen LogP) is 0.376. The Kier molecular flexibility index (Phi) is 1.60. The molecule has 0 saturated heterocycles. The molecule has 2 rings (SSSR count). The van der Waals surface area contributed by atoms with E-state index in [2.05, 4.69) is 31.2 Å². The second-order valence-electron chi connectivity index (χ2n) is 2.39. The van der Waals surface area contributed by atoms with Crippen molar-refractivity contribution in [1.29, 1.82) is 0 Å². The lowest BCUT2D eigenvalue weighted by Gasteiger charge is -1.99. The molecule has 0 aromatic carbocycles. The van der Waals surface area contributed by atoms with Gasteiger partial charge in [0.25, 0.3) is 0 Å². The Morgan fingerprint density at radius 1 is 1.54 bits per heavy atom. The van der Waals surface area contributed by atoms with Gasteiger partial charge in [0.05, 0.1) is 6.33 Å². The van der Waals surface area contributed by atoms with E-state index in [1.165, 1.54) is 0 Å². The van der Waals surface area contributed by atoms with Crippen LogP contribution >= 0.6 is 0 Å². The zero-order valence-corrected chi connectivity index (χ0v) is 7.00. The van der Waals surface area contributed by atoms with Crippen molar-refractivity contribution < 1.29 is 0 Å². The first-order chi connectivity index (χ1) is 6.35. The molecule has 0 spiro atoms. The first-order valence-electron chi connectivity index (χ1n) is 3.70. The standard InChI is InChI=1S/C8H7N5/c1-3-5-12-7(9-2)6-8(13-5)11-4-10-6/h1,4H,2H3,(H2,9,10,11,12,13). The molecule has 5 heteroatoms. The predicted molar refractivity (Wildman–Crippen MR) is 49.2 cm³/mol. The first kappa shape index (κ1) is 7.55. The number of anilines is 1. The van der Waals surface area contributed by atoms with Gasteiger partial charge in [0.2, 0.25) is 5.82 Å². The molecule has 2 N–H and O–H groups in total. The minimum Gasteiger partial charge on any atom is -0.371 e. The third-order valence-corrected chi connectivity index (χ3v) is 1.65. The summed E-state index contributed by atoms with van der Waals surface area (Å²) in [7, 11) is 1.77. The second-order valence-corrected chi connectivity index (χ2v) is 2.39. The van der Waals surface area contributed by atoms with Gasteiger partial charge in [0.15, 0.2) is 11.5 Å². The molecule has 0 aliphatic carbocycles. The van der Waals surface area contributed by atoms with Crippen molar-refractivity contribution >= 4 is 17.0 Å². The van der Waals surface area contributed by atoms with Crippen LogP contribution in [0.25, 0.3) is 11.2 Å². The Labute approximate surface area is 74.6 Å². The third-order valence-electron chi connectivity index (χ3n) is 1.65. The van der Waals surface area contributed by atoms with Crippen molar-refractivity contribution in [2.75, 3.05) is 12.4 Å². The Hall–Kier alpha value is -2.09. The maximum absolute atomic E-state index is 5.19. The number of terminal acetylenes is 1. The van der Waals surface area contributed by atoms with Crippen molar-refractivity contribution in [3.8, 4) is 12.3 Å². The molecule has 0 aliphatic rings. The minimum atomic E-state index is 0.337. The highest BCUT2D eigenvalue weighted by atomic mass is 15.1. The van der Waals surface area contributed by atoms with Crippen LogP contribution in [0.1, 0.15) is 5.82 Å². The Morgan fingerprint density at radius 3 is 3.08 bits per heavy atom. The zero-order valence-electron chi connectivity index (χ0n) is 7.00. The molecule has 13 heavy (non-hydrogen) atoms. The maximum Gasteiger partial charge on any atom is 0.208 e. The summed E-state index contributed by atoms with van der Waals surface area (Å²) in [6, 6.07) is 0. The van der Waals surface area contributed by atoms with Crippen molar-refractivity contribution in [2.24, 2.45) is 0 Å². The summed E-state index contributed by atoms with van der Waals surface area (Å²) in [4.78, 5) is 15.0. The first-order valence-corrected chi connectivity index (χ1v) is 3.70. The highest BCUT2D eigenvalue weighted by molar-refractivity contribution is 5.82. The van der Waals surface area contributed by atoms with Crippen LogP contribution in [0.5, 0.6) is 0 Å². The lowest BCUT2D eigenvalue weighted by atomic mass is 10.4. The number of aromatic nitrogens is 4. The number of nitrogens with zero attached hydrogens (tertiary/aromatic N) is 3. The highest BCUT2D eigenvalue weighted by Gasteiger charge is 2.06. The molecule has 0 amide bonds. The van der Waals surface area contributed by atoms with E-state index in [9.17, 15) is 0 Å². The van der Waals surface area contributed by atoms with Crippen LogP contribution < -0.4 is 5.32 Å². The van der Waals surface area contributed by atoms with Crippen LogP contribution in [0.4, 0.5) is 5.82 Å². The summed E-state index contributed by atoms with van der Waals surface area (Å²) >= 11 is 0. The average molecular weight is 173 g/mol. The average Bonchev–Trinajstić information content (AvgIpc) is 2.63. The Bertz CT molecular complexity index is 479. The normalized spacial score (nSPS) is 9.85. The van der Waals surface area contributed by atoms with E-state index in [1.54, 1.807) is 13.4 Å². The summed E-state index contributed by atoms with van der Waals surface area (Å²) in [5.41, 5.74) is 1.34. The van der Waals surface area contributed by atoms with Gasteiger partial charge in [-0.1, -0.05) is 0 Å². The van der Waals surface area contributed by atoms with E-state index in [0.29, 0.717) is 17.3 Å². The lowest BCUT2D eigenvalue weighted by Crippen LogP contribution is -1.98. The molecule has 2 heterocycles. The summed E-state index contributed by atoms with van der Waals surface area (Å²) in [5.74, 6) is 3.37. The third kappa shape index (κ3) is 1.08. The molecular formula is C8H7N5. The van der Waals surface area contributed by atoms with Gasteiger partial charge in [0.1, 0.15) is 5.52 Å². The van der Waals surface area contributed by atoms with E-state index in [-0.39, 0.29) is 0 Å². The van der Waals surface area contributed by atoms with Gasteiger partial charge in [-0.25, -0.2) is 9.97 Å². The van der Waals surface area contributed by atoms with Gasteiger partial charge in [-0.3, -0.25) is 0 Å². The van der Waals surface area contributed by atoms with Gasteiger partial charge in [-0.05, 0) is 5.92 Å². The smallest absolute Gasteiger partial charge is 0.208 e. The summed E-state index contributed by atoms with van der Waals surface area (Å²) in [6.45, 7) is 0. The van der Waals surface area contributed by atoms with E-state index < -0.39 is 0 Å². The van der Waals surface area contributed by atoms with Crippen molar-refractivity contribution in [1.82, 2.24) is 19.9 Å². The minimum absolute atomic E-state index is 0.337. The number of aromatic amines is 1. The van der Waals surface area contributed by atoms with E-state index >= 15 is 0 Å². The van der Waals surface area contributed by atoms with Crippen molar-refractivity contribution in [3.63, 3.8) is 0 Å². The fourth-order valence-electron chi connectivity index (χ4n) is 1.08. The van der Waals surface area contributed by atoms with Crippen LogP contribution in [0.15, 0.2) is 6.33 Å². The number of hydrogen-bond acceptors (Lipinski definition) is 4. The van der Waals surface area contributed by atoms with Crippen LogP contribution in [0.2, 0.25) is 0 Å². The molecule has 5 nitrogen and oxygen atoms in total. The zero-order chi connectivity index (χ0) is 9.26. The number of H-pyrrole nitrogens is 1. The largest absolute Gasteiger partial charge is 0.371 e. The van der Waals surface area contributed by atoms with Gasteiger partial charge in [0, 0.05) is 7.05 Å². The van der Waals surface area contributed by atoms with Crippen LogP contribution in [0.3, 0.4) is 0 Å². The quantitative estimate of drug-likeness (QED) is 0.611. The molecule has 0 atom stereocenters. The van der Waals surface area contributed by atoms with E-state index in [4.69, 9.17) is 6.42 Å². The highest BCUT2D eigenvalue weighted by Crippen LogP contribution is 2.14. The van der Waals surface area contributed by atoms with Gasteiger partial charge >= 0.3 is 0 Å². The van der Waals surface area contributed by atoms with Crippen molar-refractivity contribution in [3.05, 3.63) is 12.2 Å². The SMILES string of the molecule is C#Cc1nc(NC)c2[nH]cnc2n1. The summed E-state index contributed by atoms with van der Waals surface area (Å²) in [6.07, 6.45) is 6.75. The monoisotopic (exact) mass is 173 g/mol. The molecule has 0 radical (unpaired) electrons.